The molecule has 2 aliphatic rings. The number of carbonyl (C=O) groups is 1. The van der Waals surface area contributed by atoms with Crippen LogP contribution in [0, 0.1) is 13.8 Å². The van der Waals surface area contributed by atoms with Crippen LogP contribution in [0.1, 0.15) is 54.4 Å². The molecule has 0 spiro atoms. The summed E-state index contributed by atoms with van der Waals surface area (Å²) in [6.45, 7) is 5.84. The highest BCUT2D eigenvalue weighted by Crippen LogP contribution is 2.32. The number of carbonyl (C=O) groups excluding carboxylic acids is 1. The van der Waals surface area contributed by atoms with Gasteiger partial charge in [-0.2, -0.15) is 9.29 Å². The molecule has 1 aromatic carbocycles. The van der Waals surface area contributed by atoms with Crippen LogP contribution in [0.4, 0.5) is 5.69 Å². The van der Waals surface area contributed by atoms with E-state index in [1.165, 1.54) is 22.4 Å². The first-order valence-electron chi connectivity index (χ1n) is 11.5. The number of hydrogen-bond donors (Lipinski definition) is 0. The Balaban J connectivity index is 1.26. The van der Waals surface area contributed by atoms with E-state index in [0.29, 0.717) is 37.8 Å². The van der Waals surface area contributed by atoms with Crippen LogP contribution in [0.2, 0.25) is 0 Å². The third-order valence-corrected chi connectivity index (χ3v) is 8.40. The van der Waals surface area contributed by atoms with Crippen LogP contribution in [0.3, 0.4) is 0 Å². The molecule has 3 aromatic rings. The predicted octanol–water partition coefficient (Wildman–Crippen LogP) is 2.63. The summed E-state index contributed by atoms with van der Waals surface area (Å²) in [4.78, 5) is 23.0. The summed E-state index contributed by atoms with van der Waals surface area (Å²) in [5.41, 5.74) is 3.19. The van der Waals surface area contributed by atoms with Gasteiger partial charge >= 0.3 is 0 Å². The zero-order chi connectivity index (χ0) is 23.9. The lowest BCUT2D eigenvalue weighted by molar-refractivity contribution is -0.117. The van der Waals surface area contributed by atoms with Crippen LogP contribution in [0.5, 0.6) is 0 Å². The molecule has 0 N–H and O–H groups in total. The lowest BCUT2D eigenvalue weighted by Crippen LogP contribution is -2.35. The molecule has 2 aromatic heterocycles. The van der Waals surface area contributed by atoms with Crippen molar-refractivity contribution in [2.24, 2.45) is 0 Å². The SMILES string of the molecule is Cc1ccc(N2C[C@H](c3nc(Cn4cnc(S(=O)(=O)N5CCCCC5)c4)no3)CC2=O)cc1C. The van der Waals surface area contributed by atoms with Gasteiger partial charge in [-0.3, -0.25) is 4.79 Å². The van der Waals surface area contributed by atoms with Gasteiger partial charge in [0, 0.05) is 37.9 Å². The predicted molar refractivity (Wildman–Crippen MR) is 124 cm³/mol. The number of aromatic nitrogens is 4. The number of sulfonamides is 1. The summed E-state index contributed by atoms with van der Waals surface area (Å²) >= 11 is 0. The number of rotatable bonds is 6. The topological polar surface area (TPSA) is 114 Å². The Kier molecular flexibility index (Phi) is 5.98. The first-order valence-corrected chi connectivity index (χ1v) is 13.0. The maximum atomic E-state index is 12.8. The molecule has 2 saturated heterocycles. The molecule has 0 aliphatic carbocycles. The Morgan fingerprint density at radius 1 is 1.12 bits per heavy atom. The average molecular weight is 485 g/mol. The molecule has 1 atom stereocenters. The fourth-order valence-electron chi connectivity index (χ4n) is 4.47. The van der Waals surface area contributed by atoms with Crippen molar-refractivity contribution in [2.75, 3.05) is 24.5 Å². The van der Waals surface area contributed by atoms with Crippen LogP contribution < -0.4 is 4.90 Å². The summed E-state index contributed by atoms with van der Waals surface area (Å²) in [6, 6.07) is 5.99. The van der Waals surface area contributed by atoms with Gasteiger partial charge in [0.25, 0.3) is 10.0 Å². The van der Waals surface area contributed by atoms with E-state index >= 15 is 0 Å². The summed E-state index contributed by atoms with van der Waals surface area (Å²) in [7, 11) is -3.59. The van der Waals surface area contributed by atoms with Crippen LogP contribution >= 0.6 is 0 Å². The number of piperidine rings is 1. The van der Waals surface area contributed by atoms with E-state index in [1.54, 1.807) is 9.47 Å². The second kappa shape index (κ2) is 8.95. The maximum absolute atomic E-state index is 12.8. The van der Waals surface area contributed by atoms with E-state index in [2.05, 4.69) is 15.1 Å². The first kappa shape index (κ1) is 22.7. The number of aryl methyl sites for hydroxylation is 2. The monoisotopic (exact) mass is 484 g/mol. The van der Waals surface area contributed by atoms with Crippen molar-refractivity contribution in [2.45, 2.75) is 57.0 Å². The number of benzene rings is 1. The van der Waals surface area contributed by atoms with Crippen molar-refractivity contribution in [1.29, 1.82) is 0 Å². The Morgan fingerprint density at radius 2 is 1.91 bits per heavy atom. The molecule has 2 fully saturated rings. The lowest BCUT2D eigenvalue weighted by Gasteiger charge is -2.24. The van der Waals surface area contributed by atoms with E-state index in [0.717, 1.165) is 30.5 Å². The molecule has 180 valence electrons. The Labute approximate surface area is 198 Å². The lowest BCUT2D eigenvalue weighted by atomic mass is 10.1. The van der Waals surface area contributed by atoms with Crippen LogP contribution in [-0.2, 0) is 21.4 Å². The highest BCUT2D eigenvalue weighted by molar-refractivity contribution is 7.89. The van der Waals surface area contributed by atoms with E-state index in [9.17, 15) is 13.2 Å². The summed E-state index contributed by atoms with van der Waals surface area (Å²) in [6.07, 6.45) is 6.06. The molecule has 11 heteroatoms. The highest BCUT2D eigenvalue weighted by Gasteiger charge is 2.35. The van der Waals surface area contributed by atoms with Gasteiger partial charge in [0.2, 0.25) is 11.8 Å². The molecule has 1 amide bonds. The Hall–Kier alpha value is -3.05. The van der Waals surface area contributed by atoms with Gasteiger partial charge in [-0.25, -0.2) is 13.4 Å². The molecular formula is C23H28N6O4S. The largest absolute Gasteiger partial charge is 0.339 e. The summed E-state index contributed by atoms with van der Waals surface area (Å²) in [5, 5.41) is 4.07. The molecular weight excluding hydrogens is 456 g/mol. The number of anilines is 1. The van der Waals surface area contributed by atoms with Crippen molar-refractivity contribution in [3.63, 3.8) is 0 Å². The minimum atomic E-state index is -3.59. The zero-order valence-corrected chi connectivity index (χ0v) is 20.2. The van der Waals surface area contributed by atoms with E-state index in [1.807, 2.05) is 32.0 Å². The highest BCUT2D eigenvalue weighted by atomic mass is 32.2. The maximum Gasteiger partial charge on any atom is 0.262 e. The molecule has 10 nitrogen and oxygen atoms in total. The van der Waals surface area contributed by atoms with Crippen molar-refractivity contribution < 1.29 is 17.7 Å². The van der Waals surface area contributed by atoms with Crippen LogP contribution in [0.15, 0.2) is 40.3 Å². The molecule has 34 heavy (non-hydrogen) atoms. The smallest absolute Gasteiger partial charge is 0.262 e. The van der Waals surface area contributed by atoms with Gasteiger partial charge in [-0.1, -0.05) is 17.6 Å². The second-order valence-corrected chi connectivity index (χ2v) is 11.0. The second-order valence-electron chi connectivity index (χ2n) is 9.07. The normalized spacial score (nSPS) is 19.8. The molecule has 0 unspecified atom stereocenters. The number of amides is 1. The van der Waals surface area contributed by atoms with Crippen LogP contribution in [-0.4, -0.2) is 58.0 Å². The van der Waals surface area contributed by atoms with E-state index in [4.69, 9.17) is 4.52 Å². The molecule has 0 radical (unpaired) electrons. The van der Waals surface area contributed by atoms with Gasteiger partial charge in [0.05, 0.1) is 18.8 Å². The van der Waals surface area contributed by atoms with Gasteiger partial charge < -0.3 is 14.0 Å². The van der Waals surface area contributed by atoms with Gasteiger partial charge in [0.15, 0.2) is 10.9 Å². The number of nitrogens with zero attached hydrogens (tertiary/aromatic N) is 6. The summed E-state index contributed by atoms with van der Waals surface area (Å²) < 4.78 is 34.2. The minimum absolute atomic E-state index is 0.0233. The van der Waals surface area contributed by atoms with Crippen molar-refractivity contribution >= 4 is 21.6 Å². The van der Waals surface area contributed by atoms with Crippen LogP contribution in [0.25, 0.3) is 0 Å². The molecule has 4 heterocycles. The third kappa shape index (κ3) is 4.37. The Bertz CT molecular complexity index is 1310. The van der Waals surface area contributed by atoms with Gasteiger partial charge in [0.1, 0.15) is 0 Å². The molecule has 5 rings (SSSR count). The number of hydrogen-bond acceptors (Lipinski definition) is 7. The average Bonchev–Trinajstić information content (AvgIpc) is 3.57. The molecule has 0 saturated carbocycles. The van der Waals surface area contributed by atoms with Gasteiger partial charge in [-0.15, -0.1) is 0 Å². The third-order valence-electron chi connectivity index (χ3n) is 6.61. The Morgan fingerprint density at radius 3 is 2.68 bits per heavy atom. The van der Waals surface area contributed by atoms with E-state index in [-0.39, 0.29) is 23.4 Å². The fourth-order valence-corrected chi connectivity index (χ4v) is 5.93. The quantitative estimate of drug-likeness (QED) is 0.528. The first-order chi connectivity index (χ1) is 16.3. The molecule has 0 bridgehead atoms. The van der Waals surface area contributed by atoms with Crippen molar-refractivity contribution in [3.8, 4) is 0 Å². The zero-order valence-electron chi connectivity index (χ0n) is 19.3. The van der Waals surface area contributed by atoms with Crippen molar-refractivity contribution in [3.05, 3.63) is 53.6 Å². The van der Waals surface area contributed by atoms with E-state index < -0.39 is 10.0 Å². The summed E-state index contributed by atoms with van der Waals surface area (Å²) in [5.74, 6) is 0.658. The minimum Gasteiger partial charge on any atom is -0.339 e. The van der Waals surface area contributed by atoms with Crippen molar-refractivity contribution in [1.82, 2.24) is 24.0 Å². The molecule has 2 aliphatic heterocycles. The standard InChI is InChI=1S/C23H28N6O4S/c1-16-6-7-19(10-17(16)2)29-12-18(11-22(29)30)23-25-20(26-33-23)13-27-14-21(24-15-27)34(31,32)28-8-4-3-5-9-28/h6-7,10,14-15,18H,3-5,8-9,11-13H2,1-2H3/t18-/m1/s1. The van der Waals surface area contributed by atoms with Gasteiger partial charge in [-0.05, 0) is 49.9 Å². The fraction of sp³-hybridized carbons (Fsp3) is 0.478. The number of imidazole rings is 1.